The van der Waals surface area contributed by atoms with Crippen LogP contribution in [-0.4, -0.2) is 39.0 Å². The molecule has 154 valence electrons. The SMILES string of the molecule is CC(=O)O.CC(=O)O.CCOc1cc(C(C)(C)c2ccc(O)cc2)ccc1O. The molecule has 0 aromatic heterocycles. The predicted octanol–water partition coefficient (Wildman–Crippen LogP) is 4.00. The van der Waals surface area contributed by atoms with E-state index in [4.69, 9.17) is 24.5 Å². The van der Waals surface area contributed by atoms with E-state index in [1.807, 2.05) is 31.2 Å². The Morgan fingerprint density at radius 2 is 1.32 bits per heavy atom. The van der Waals surface area contributed by atoms with Gasteiger partial charge in [-0.25, -0.2) is 0 Å². The summed E-state index contributed by atoms with van der Waals surface area (Å²) in [5.41, 5.74) is 1.89. The highest BCUT2D eigenvalue weighted by Crippen LogP contribution is 2.37. The summed E-state index contributed by atoms with van der Waals surface area (Å²) in [5, 5.41) is 34.0. The summed E-state index contributed by atoms with van der Waals surface area (Å²) in [4.78, 5) is 18.0. The van der Waals surface area contributed by atoms with E-state index in [1.54, 1.807) is 18.2 Å². The molecule has 0 bridgehead atoms. The lowest BCUT2D eigenvalue weighted by Crippen LogP contribution is -2.18. The molecular weight excluding hydrogens is 364 g/mol. The number of carboxylic acid groups (broad SMARTS) is 2. The molecule has 0 atom stereocenters. The largest absolute Gasteiger partial charge is 0.508 e. The van der Waals surface area contributed by atoms with E-state index in [-0.39, 0.29) is 16.9 Å². The molecule has 0 aliphatic carbocycles. The molecule has 0 aliphatic rings. The van der Waals surface area contributed by atoms with Crippen molar-refractivity contribution in [2.45, 2.75) is 40.0 Å². The second-order valence-electron chi connectivity index (χ2n) is 6.33. The number of carbonyl (C=O) groups is 2. The minimum Gasteiger partial charge on any atom is -0.508 e. The molecule has 4 N–H and O–H groups in total. The number of ether oxygens (including phenoxy) is 1. The molecule has 0 radical (unpaired) electrons. The van der Waals surface area contributed by atoms with Crippen LogP contribution in [0.4, 0.5) is 0 Å². The molecule has 0 spiro atoms. The summed E-state index contributed by atoms with van der Waals surface area (Å²) in [6, 6.07) is 12.6. The first kappa shape index (κ1) is 24.8. The second kappa shape index (κ2) is 11.5. The van der Waals surface area contributed by atoms with Crippen LogP contribution < -0.4 is 4.74 Å². The third-order valence-corrected chi connectivity index (χ3v) is 3.57. The number of rotatable bonds is 4. The zero-order valence-electron chi connectivity index (χ0n) is 16.8. The molecule has 2 aromatic rings. The van der Waals surface area contributed by atoms with Crippen molar-refractivity contribution >= 4 is 11.9 Å². The van der Waals surface area contributed by atoms with Crippen LogP contribution in [0.3, 0.4) is 0 Å². The first-order valence-electron chi connectivity index (χ1n) is 8.56. The summed E-state index contributed by atoms with van der Waals surface area (Å²) < 4.78 is 5.44. The number of aromatic hydroxyl groups is 2. The van der Waals surface area contributed by atoms with Gasteiger partial charge in [-0.3, -0.25) is 9.59 Å². The highest BCUT2D eigenvalue weighted by atomic mass is 16.5. The van der Waals surface area contributed by atoms with Gasteiger partial charge in [0, 0.05) is 19.3 Å². The van der Waals surface area contributed by atoms with Crippen molar-refractivity contribution in [3.63, 3.8) is 0 Å². The van der Waals surface area contributed by atoms with Crippen LogP contribution in [0.1, 0.15) is 45.7 Å². The molecule has 0 heterocycles. The number of hydrogen-bond acceptors (Lipinski definition) is 5. The zero-order chi connectivity index (χ0) is 21.9. The predicted molar refractivity (Wildman–Crippen MR) is 106 cm³/mol. The van der Waals surface area contributed by atoms with Gasteiger partial charge in [-0.2, -0.15) is 0 Å². The van der Waals surface area contributed by atoms with Gasteiger partial charge in [0.2, 0.25) is 0 Å². The average Bonchev–Trinajstić information content (AvgIpc) is 2.56. The molecule has 0 unspecified atom stereocenters. The summed E-state index contributed by atoms with van der Waals surface area (Å²) in [6.07, 6.45) is 0. The van der Waals surface area contributed by atoms with Gasteiger partial charge < -0.3 is 25.2 Å². The fourth-order valence-corrected chi connectivity index (χ4v) is 2.22. The number of hydrogen-bond donors (Lipinski definition) is 4. The molecule has 0 fully saturated rings. The standard InChI is InChI=1S/C17H20O3.2C2H4O2/c1-4-20-16-11-13(7-10-15(16)19)17(2,3)12-5-8-14(18)9-6-12;2*1-2(3)4/h5-11,18-19H,4H2,1-3H3;2*1H3,(H,3,4). The normalized spacial score (nSPS) is 9.89. The number of aliphatic carboxylic acids is 2. The molecule has 0 amide bonds. The van der Waals surface area contributed by atoms with Gasteiger partial charge in [-0.05, 0) is 42.3 Å². The zero-order valence-corrected chi connectivity index (χ0v) is 16.8. The van der Waals surface area contributed by atoms with Crippen LogP contribution in [-0.2, 0) is 15.0 Å². The van der Waals surface area contributed by atoms with Crippen molar-refractivity contribution in [2.75, 3.05) is 6.61 Å². The number of benzene rings is 2. The molecule has 0 saturated carbocycles. The summed E-state index contributed by atoms with van der Waals surface area (Å²) in [5.74, 6) is -0.765. The van der Waals surface area contributed by atoms with E-state index in [9.17, 15) is 10.2 Å². The first-order valence-corrected chi connectivity index (χ1v) is 8.56. The van der Waals surface area contributed by atoms with Crippen molar-refractivity contribution in [3.05, 3.63) is 53.6 Å². The first-order chi connectivity index (χ1) is 12.9. The lowest BCUT2D eigenvalue weighted by molar-refractivity contribution is -0.135. The molecule has 7 heteroatoms. The fraction of sp³-hybridized carbons (Fsp3) is 0.333. The van der Waals surface area contributed by atoms with E-state index in [0.29, 0.717) is 12.4 Å². The molecule has 7 nitrogen and oxygen atoms in total. The quantitative estimate of drug-likeness (QED) is 0.620. The van der Waals surface area contributed by atoms with Crippen LogP contribution in [0.2, 0.25) is 0 Å². The number of phenols is 2. The Balaban J connectivity index is 0.000000776. The molecule has 2 aromatic carbocycles. The highest BCUT2D eigenvalue weighted by Gasteiger charge is 2.24. The molecule has 28 heavy (non-hydrogen) atoms. The van der Waals surface area contributed by atoms with E-state index < -0.39 is 11.9 Å². The topological polar surface area (TPSA) is 124 Å². The maximum absolute atomic E-state index is 9.78. The smallest absolute Gasteiger partial charge is 0.300 e. The molecular formula is C21H28O7. The van der Waals surface area contributed by atoms with Crippen molar-refractivity contribution < 1.29 is 34.8 Å². The maximum Gasteiger partial charge on any atom is 0.300 e. The molecule has 0 aliphatic heterocycles. The Hall–Kier alpha value is -3.22. The Bertz CT molecular complexity index is 745. The van der Waals surface area contributed by atoms with Crippen LogP contribution >= 0.6 is 0 Å². The van der Waals surface area contributed by atoms with Gasteiger partial charge in [0.1, 0.15) is 5.75 Å². The third-order valence-electron chi connectivity index (χ3n) is 3.57. The van der Waals surface area contributed by atoms with Gasteiger partial charge in [-0.15, -0.1) is 0 Å². The van der Waals surface area contributed by atoms with Crippen molar-refractivity contribution in [1.82, 2.24) is 0 Å². The molecule has 0 saturated heterocycles. The third kappa shape index (κ3) is 8.93. The minimum absolute atomic E-state index is 0.150. The lowest BCUT2D eigenvalue weighted by atomic mass is 9.78. The van der Waals surface area contributed by atoms with E-state index >= 15 is 0 Å². The lowest BCUT2D eigenvalue weighted by Gasteiger charge is -2.26. The number of phenolic OH excluding ortho intramolecular Hbond substituents is 2. The Labute approximate surface area is 164 Å². The minimum atomic E-state index is -0.833. The van der Waals surface area contributed by atoms with Gasteiger partial charge >= 0.3 is 0 Å². The van der Waals surface area contributed by atoms with Crippen LogP contribution in [0, 0.1) is 0 Å². The Morgan fingerprint density at radius 1 is 0.893 bits per heavy atom. The second-order valence-corrected chi connectivity index (χ2v) is 6.33. The maximum atomic E-state index is 9.78. The summed E-state index contributed by atoms with van der Waals surface area (Å²) in [7, 11) is 0. The summed E-state index contributed by atoms with van der Waals surface area (Å²) >= 11 is 0. The Morgan fingerprint density at radius 3 is 1.75 bits per heavy atom. The van der Waals surface area contributed by atoms with Gasteiger partial charge in [0.15, 0.2) is 11.5 Å². The average molecular weight is 392 g/mol. The van der Waals surface area contributed by atoms with Crippen molar-refractivity contribution in [2.24, 2.45) is 0 Å². The van der Waals surface area contributed by atoms with Gasteiger partial charge in [0.05, 0.1) is 6.61 Å². The van der Waals surface area contributed by atoms with E-state index in [0.717, 1.165) is 25.0 Å². The van der Waals surface area contributed by atoms with E-state index in [1.165, 1.54) is 0 Å². The summed E-state index contributed by atoms with van der Waals surface area (Å²) in [6.45, 7) is 8.76. The monoisotopic (exact) mass is 392 g/mol. The Kier molecular flexibility index (Phi) is 10.2. The van der Waals surface area contributed by atoms with Crippen molar-refractivity contribution in [3.8, 4) is 17.2 Å². The van der Waals surface area contributed by atoms with Crippen LogP contribution in [0.5, 0.6) is 17.2 Å². The van der Waals surface area contributed by atoms with E-state index in [2.05, 4.69) is 13.8 Å². The van der Waals surface area contributed by atoms with Gasteiger partial charge in [0.25, 0.3) is 11.9 Å². The number of carboxylic acids is 2. The van der Waals surface area contributed by atoms with Gasteiger partial charge in [-0.1, -0.05) is 32.0 Å². The molecule has 2 rings (SSSR count). The van der Waals surface area contributed by atoms with Crippen LogP contribution in [0.25, 0.3) is 0 Å². The van der Waals surface area contributed by atoms with Crippen molar-refractivity contribution in [1.29, 1.82) is 0 Å². The van der Waals surface area contributed by atoms with Crippen LogP contribution in [0.15, 0.2) is 42.5 Å². The fourth-order valence-electron chi connectivity index (χ4n) is 2.22. The highest BCUT2D eigenvalue weighted by molar-refractivity contribution is 5.63.